The lowest BCUT2D eigenvalue weighted by Crippen LogP contribution is -2.26. The maximum absolute atomic E-state index is 13.5. The van der Waals surface area contributed by atoms with Crippen LogP contribution in [0.15, 0.2) is 41.3 Å². The number of nitrogens with one attached hydrogen (secondary N) is 1. The van der Waals surface area contributed by atoms with Crippen LogP contribution in [-0.4, -0.2) is 38.4 Å². The van der Waals surface area contributed by atoms with Gasteiger partial charge in [0, 0.05) is 42.8 Å². The molecular weight excluding hydrogens is 440 g/mol. The van der Waals surface area contributed by atoms with Crippen LogP contribution in [0.25, 0.3) is 16.6 Å². The molecular formula is C25H23ClN4O3. The van der Waals surface area contributed by atoms with Crippen molar-refractivity contribution in [3.63, 3.8) is 0 Å². The number of aromatic nitrogens is 3. The molecule has 1 N–H and O–H groups in total. The molecule has 0 unspecified atom stereocenters. The molecule has 0 bridgehead atoms. The highest BCUT2D eigenvalue weighted by Crippen LogP contribution is 2.32. The molecule has 2 aromatic heterocycles. The van der Waals surface area contributed by atoms with Crippen LogP contribution in [0, 0.1) is 6.92 Å². The third-order valence-electron chi connectivity index (χ3n) is 6.88. The molecule has 0 saturated carbocycles. The Labute approximate surface area is 195 Å². The van der Waals surface area contributed by atoms with Gasteiger partial charge >= 0.3 is 0 Å². The first-order valence-corrected chi connectivity index (χ1v) is 11.6. The number of imidazole rings is 1. The largest absolute Gasteiger partial charge is 0.381 e. The zero-order chi connectivity index (χ0) is 22.7. The first-order valence-electron chi connectivity index (χ1n) is 11.2. The van der Waals surface area contributed by atoms with Crippen molar-refractivity contribution in [3.8, 4) is 0 Å². The van der Waals surface area contributed by atoms with E-state index in [1.807, 2.05) is 35.6 Å². The molecule has 0 spiro atoms. The summed E-state index contributed by atoms with van der Waals surface area (Å²) in [6, 6.07) is 9.55. The van der Waals surface area contributed by atoms with Gasteiger partial charge in [-0.25, -0.2) is 4.98 Å². The van der Waals surface area contributed by atoms with E-state index in [1.165, 1.54) is 0 Å². The number of amides is 1. The molecule has 1 saturated heterocycles. The van der Waals surface area contributed by atoms with Crippen LogP contribution >= 0.6 is 11.6 Å². The van der Waals surface area contributed by atoms with Gasteiger partial charge in [0.05, 0.1) is 17.2 Å². The van der Waals surface area contributed by atoms with E-state index >= 15 is 0 Å². The summed E-state index contributed by atoms with van der Waals surface area (Å²) in [6.45, 7) is 4.33. The maximum atomic E-state index is 13.5. The number of benzene rings is 2. The second-order valence-electron chi connectivity index (χ2n) is 8.90. The molecule has 2 aliphatic rings. The lowest BCUT2D eigenvalue weighted by atomic mass is 9.99. The van der Waals surface area contributed by atoms with E-state index in [0.29, 0.717) is 47.9 Å². The summed E-state index contributed by atoms with van der Waals surface area (Å²) >= 11 is 6.34. The van der Waals surface area contributed by atoms with Crippen molar-refractivity contribution in [2.24, 2.45) is 0 Å². The number of fused-ring (bicyclic) bond motifs is 4. The fraction of sp³-hybridized carbons (Fsp3) is 0.320. The monoisotopic (exact) mass is 462 g/mol. The molecule has 33 heavy (non-hydrogen) atoms. The zero-order valence-corrected chi connectivity index (χ0v) is 19.0. The number of rotatable bonds is 2. The Balaban J connectivity index is 1.44. The van der Waals surface area contributed by atoms with Crippen molar-refractivity contribution >= 4 is 34.1 Å². The van der Waals surface area contributed by atoms with Gasteiger partial charge in [-0.05, 0) is 54.7 Å². The van der Waals surface area contributed by atoms with E-state index in [4.69, 9.17) is 16.3 Å². The Hall–Kier alpha value is -3.16. The minimum absolute atomic E-state index is 0.0714. The molecule has 0 radical (unpaired) electrons. The minimum Gasteiger partial charge on any atom is -0.381 e. The fourth-order valence-electron chi connectivity index (χ4n) is 5.11. The molecule has 4 aromatic rings. The normalized spacial score (nSPS) is 16.6. The highest BCUT2D eigenvalue weighted by molar-refractivity contribution is 6.31. The molecule has 2 aliphatic heterocycles. The Morgan fingerprint density at radius 3 is 2.79 bits per heavy atom. The molecule has 1 fully saturated rings. The van der Waals surface area contributed by atoms with Crippen molar-refractivity contribution in [2.75, 3.05) is 13.2 Å². The molecule has 6 rings (SSSR count). The predicted molar refractivity (Wildman–Crippen MR) is 126 cm³/mol. The molecule has 168 valence electrons. The Bertz CT molecular complexity index is 1480. The summed E-state index contributed by atoms with van der Waals surface area (Å²) in [7, 11) is 0. The van der Waals surface area contributed by atoms with Crippen molar-refractivity contribution < 1.29 is 9.53 Å². The number of ether oxygens (including phenoxy) is 1. The van der Waals surface area contributed by atoms with Gasteiger partial charge in [0.2, 0.25) is 0 Å². The van der Waals surface area contributed by atoms with Crippen molar-refractivity contribution in [1.29, 1.82) is 0 Å². The Morgan fingerprint density at radius 1 is 1.18 bits per heavy atom. The number of aryl methyl sites for hydroxylation is 1. The fourth-order valence-corrected chi connectivity index (χ4v) is 5.37. The number of hydrogen-bond donors (Lipinski definition) is 1. The molecule has 8 heteroatoms. The van der Waals surface area contributed by atoms with Gasteiger partial charge in [-0.1, -0.05) is 23.7 Å². The summed E-state index contributed by atoms with van der Waals surface area (Å²) in [5, 5.41) is 0.686. The van der Waals surface area contributed by atoms with Gasteiger partial charge in [0.15, 0.2) is 0 Å². The SMILES string of the molecule is Cc1cc2c(cc1C(=O)N1Cc3cccc(Cl)c3C1)[nH]c(=O)c1cnc(C3CCOCC3)n12. The van der Waals surface area contributed by atoms with Crippen LogP contribution in [-0.2, 0) is 17.8 Å². The molecule has 7 nitrogen and oxygen atoms in total. The van der Waals surface area contributed by atoms with E-state index in [2.05, 4.69) is 9.97 Å². The van der Waals surface area contributed by atoms with E-state index in [1.54, 1.807) is 17.2 Å². The first-order chi connectivity index (χ1) is 16.0. The van der Waals surface area contributed by atoms with Crippen molar-refractivity contribution in [1.82, 2.24) is 19.3 Å². The molecule has 4 heterocycles. The number of carbonyl (C=O) groups is 1. The summed E-state index contributed by atoms with van der Waals surface area (Å²) in [5.74, 6) is 1.05. The number of hydrogen-bond acceptors (Lipinski definition) is 4. The number of aromatic amines is 1. The minimum atomic E-state index is -0.212. The van der Waals surface area contributed by atoms with Crippen LogP contribution in [0.1, 0.15) is 51.6 Å². The van der Waals surface area contributed by atoms with Crippen LogP contribution in [0.3, 0.4) is 0 Å². The summed E-state index contributed by atoms with van der Waals surface area (Å²) in [6.07, 6.45) is 3.39. The van der Waals surface area contributed by atoms with Crippen LogP contribution in [0.4, 0.5) is 0 Å². The highest BCUT2D eigenvalue weighted by atomic mass is 35.5. The van der Waals surface area contributed by atoms with E-state index in [0.717, 1.165) is 40.9 Å². The number of halogens is 1. The molecule has 0 aliphatic carbocycles. The number of carbonyl (C=O) groups excluding carboxylic acids is 1. The quantitative estimate of drug-likeness (QED) is 0.484. The van der Waals surface area contributed by atoms with E-state index in [9.17, 15) is 9.59 Å². The topological polar surface area (TPSA) is 79.7 Å². The number of nitrogens with zero attached hydrogens (tertiary/aromatic N) is 3. The van der Waals surface area contributed by atoms with Crippen LogP contribution in [0.5, 0.6) is 0 Å². The van der Waals surface area contributed by atoms with Gasteiger partial charge in [-0.15, -0.1) is 0 Å². The predicted octanol–water partition coefficient (Wildman–Crippen LogP) is 4.19. The maximum Gasteiger partial charge on any atom is 0.274 e. The van der Waals surface area contributed by atoms with Crippen molar-refractivity contribution in [3.05, 3.63) is 80.0 Å². The van der Waals surface area contributed by atoms with Crippen molar-refractivity contribution in [2.45, 2.75) is 38.8 Å². The summed E-state index contributed by atoms with van der Waals surface area (Å²) in [4.78, 5) is 35.7. The van der Waals surface area contributed by atoms with Crippen LogP contribution in [0.2, 0.25) is 5.02 Å². The second kappa shape index (κ2) is 7.71. The number of H-pyrrole nitrogens is 1. The van der Waals surface area contributed by atoms with Gasteiger partial charge in [0.25, 0.3) is 11.5 Å². The molecule has 1 amide bonds. The summed E-state index contributed by atoms with van der Waals surface area (Å²) in [5.41, 5.74) is 5.30. The standard InChI is InChI=1S/C25H23ClN4O3/c1-14-9-21-20(10-17(14)25(32)29-12-16-3-2-4-19(26)18(16)13-29)28-24(31)22-11-27-23(30(21)22)15-5-7-33-8-6-15/h2-4,9-11,15H,5-8,12-13H2,1H3,(H,28,31). The third kappa shape index (κ3) is 3.26. The smallest absolute Gasteiger partial charge is 0.274 e. The first kappa shape index (κ1) is 20.4. The van der Waals surface area contributed by atoms with E-state index in [-0.39, 0.29) is 17.4 Å². The Kier molecular flexibility index (Phi) is 4.78. The zero-order valence-electron chi connectivity index (χ0n) is 18.2. The summed E-state index contributed by atoms with van der Waals surface area (Å²) < 4.78 is 7.46. The molecule has 0 atom stereocenters. The average molecular weight is 463 g/mol. The van der Waals surface area contributed by atoms with Gasteiger partial charge in [0.1, 0.15) is 11.3 Å². The van der Waals surface area contributed by atoms with Gasteiger partial charge in [-0.2, -0.15) is 0 Å². The highest BCUT2D eigenvalue weighted by Gasteiger charge is 2.28. The van der Waals surface area contributed by atoms with Gasteiger partial charge in [-0.3, -0.25) is 14.0 Å². The third-order valence-corrected chi connectivity index (χ3v) is 7.24. The average Bonchev–Trinajstić information content (AvgIpc) is 3.46. The van der Waals surface area contributed by atoms with Gasteiger partial charge < -0.3 is 14.6 Å². The Morgan fingerprint density at radius 2 is 2.00 bits per heavy atom. The van der Waals surface area contributed by atoms with Crippen LogP contribution < -0.4 is 5.56 Å². The van der Waals surface area contributed by atoms with E-state index < -0.39 is 0 Å². The lowest BCUT2D eigenvalue weighted by Gasteiger charge is -2.22. The lowest BCUT2D eigenvalue weighted by molar-refractivity contribution is 0.0750. The molecule has 2 aromatic carbocycles. The second-order valence-corrected chi connectivity index (χ2v) is 9.31.